The number of carbonyl (C=O) groups is 2. The Bertz CT molecular complexity index is 1910. The van der Waals surface area contributed by atoms with E-state index in [4.69, 9.17) is 9.73 Å². The Labute approximate surface area is 266 Å². The standard InChI is InChI=1S/C36H31N5O3S/c1-2-44-24-15-17-29-31(21-24)45-36-38-33(23-11-6-3-4-7-12-23)30(40(29)36)22-37-41-34(42)26-14-10-13-25-28(39-19-8-5-9-20-39)18-16-27(32(25)26)35(41)43/h3-4,6,10-11,13-18,21-23,30,33H,2,5,8-9,19-20H2,1H3/b37-22-. The molecule has 0 spiro atoms. The number of aliphatic imine (C=N–C) groups is 1. The van der Waals surface area contributed by atoms with Gasteiger partial charge in [0.05, 0.1) is 47.6 Å². The molecule has 2 amide bonds. The van der Waals surface area contributed by atoms with Crippen LogP contribution >= 0.6 is 11.8 Å². The van der Waals surface area contributed by atoms with E-state index >= 15 is 0 Å². The summed E-state index contributed by atoms with van der Waals surface area (Å²) in [7, 11) is 0. The second-order valence-corrected chi connectivity index (χ2v) is 12.6. The minimum Gasteiger partial charge on any atom is -0.494 e. The minimum atomic E-state index is -0.420. The molecule has 0 radical (unpaired) electrons. The number of anilines is 2. The van der Waals surface area contributed by atoms with Gasteiger partial charge in [0.2, 0.25) is 0 Å². The summed E-state index contributed by atoms with van der Waals surface area (Å²) in [5.74, 6) is 6.20. The Morgan fingerprint density at radius 1 is 1.02 bits per heavy atom. The minimum absolute atomic E-state index is 0.170. The molecule has 45 heavy (non-hydrogen) atoms. The molecule has 9 heteroatoms. The molecule has 0 aromatic heterocycles. The zero-order valence-electron chi connectivity index (χ0n) is 24.8. The highest BCUT2D eigenvalue weighted by atomic mass is 32.2. The number of nitrogens with zero attached hydrogens (tertiary/aromatic N) is 5. The average molecular weight is 614 g/mol. The van der Waals surface area contributed by atoms with E-state index < -0.39 is 11.8 Å². The molecule has 1 fully saturated rings. The number of thioether (sulfide) groups is 1. The summed E-state index contributed by atoms with van der Waals surface area (Å²) in [4.78, 5) is 38.5. The predicted octanol–water partition coefficient (Wildman–Crippen LogP) is 6.28. The maximum Gasteiger partial charge on any atom is 0.282 e. The lowest BCUT2D eigenvalue weighted by molar-refractivity contribution is 0.0615. The van der Waals surface area contributed by atoms with Gasteiger partial charge in [0.25, 0.3) is 11.8 Å². The molecule has 8 nitrogen and oxygen atoms in total. The molecule has 8 rings (SSSR count). The van der Waals surface area contributed by atoms with Gasteiger partial charge in [0, 0.05) is 34.4 Å². The molecule has 0 saturated carbocycles. The highest BCUT2D eigenvalue weighted by molar-refractivity contribution is 8.14. The van der Waals surface area contributed by atoms with Crippen LogP contribution in [0.1, 0.15) is 46.9 Å². The normalized spacial score (nSPS) is 23.3. The first kappa shape index (κ1) is 27.7. The first-order valence-electron chi connectivity index (χ1n) is 15.5. The molecule has 1 aliphatic carbocycles. The summed E-state index contributed by atoms with van der Waals surface area (Å²) in [5.41, 5.74) is 3.05. The number of benzene rings is 3. The van der Waals surface area contributed by atoms with Crippen LogP contribution in [0.2, 0.25) is 0 Å². The topological polar surface area (TPSA) is 77.8 Å². The van der Waals surface area contributed by atoms with Gasteiger partial charge in [-0.2, -0.15) is 10.1 Å². The molecule has 5 aliphatic rings. The summed E-state index contributed by atoms with van der Waals surface area (Å²) in [6.45, 7) is 4.50. The monoisotopic (exact) mass is 613 g/mol. The van der Waals surface area contributed by atoms with Crippen molar-refractivity contribution in [3.05, 3.63) is 84.0 Å². The van der Waals surface area contributed by atoms with Gasteiger partial charge in [-0.05, 0) is 80.4 Å². The Morgan fingerprint density at radius 2 is 1.84 bits per heavy atom. The van der Waals surface area contributed by atoms with Crippen molar-refractivity contribution in [2.45, 2.75) is 43.2 Å². The Balaban J connectivity index is 1.16. The number of fused-ring (bicyclic) bond motifs is 3. The zero-order chi connectivity index (χ0) is 30.5. The van der Waals surface area contributed by atoms with Crippen LogP contribution in [0, 0.1) is 17.8 Å². The lowest BCUT2D eigenvalue weighted by Gasteiger charge is -2.32. The number of piperidine rings is 1. The van der Waals surface area contributed by atoms with E-state index in [0.29, 0.717) is 23.1 Å². The van der Waals surface area contributed by atoms with Crippen molar-refractivity contribution in [1.29, 1.82) is 0 Å². The van der Waals surface area contributed by atoms with Crippen molar-refractivity contribution < 1.29 is 14.3 Å². The van der Waals surface area contributed by atoms with Crippen molar-refractivity contribution in [1.82, 2.24) is 5.01 Å². The van der Waals surface area contributed by atoms with Crippen LogP contribution in [0.5, 0.6) is 5.75 Å². The van der Waals surface area contributed by atoms with Crippen LogP contribution in [0.4, 0.5) is 11.4 Å². The number of hydrogen-bond acceptors (Lipinski definition) is 8. The molecular formula is C36H31N5O3S. The third-order valence-corrected chi connectivity index (χ3v) is 9.97. The molecule has 1 saturated heterocycles. The number of rotatable bonds is 6. The van der Waals surface area contributed by atoms with E-state index in [0.717, 1.165) is 63.5 Å². The van der Waals surface area contributed by atoms with Crippen molar-refractivity contribution in [2.24, 2.45) is 16.0 Å². The van der Waals surface area contributed by atoms with Crippen molar-refractivity contribution in [2.75, 3.05) is 29.5 Å². The van der Waals surface area contributed by atoms with Crippen LogP contribution < -0.4 is 14.5 Å². The van der Waals surface area contributed by atoms with Gasteiger partial charge < -0.3 is 14.5 Å². The molecule has 3 atom stereocenters. The third kappa shape index (κ3) is 4.63. The Kier molecular flexibility index (Phi) is 6.95. The zero-order valence-corrected chi connectivity index (χ0v) is 25.7. The number of carbonyl (C=O) groups excluding carboxylic acids is 2. The molecule has 3 aromatic carbocycles. The fourth-order valence-electron chi connectivity index (χ4n) is 6.86. The molecule has 224 valence electrons. The van der Waals surface area contributed by atoms with Crippen molar-refractivity contribution >= 4 is 57.1 Å². The van der Waals surface area contributed by atoms with E-state index in [9.17, 15) is 9.59 Å². The number of amides is 2. The summed E-state index contributed by atoms with van der Waals surface area (Å²) in [5, 5.41) is 8.15. The first-order chi connectivity index (χ1) is 22.1. The van der Waals surface area contributed by atoms with Crippen LogP contribution in [0.25, 0.3) is 10.8 Å². The fraction of sp³-hybridized carbons (Fsp3) is 0.278. The van der Waals surface area contributed by atoms with E-state index in [1.807, 2.05) is 73.7 Å². The number of imide groups is 1. The van der Waals surface area contributed by atoms with Gasteiger partial charge in [-0.1, -0.05) is 42.2 Å². The second kappa shape index (κ2) is 11.3. The lowest BCUT2D eigenvalue weighted by atomic mass is 9.93. The maximum absolute atomic E-state index is 13.9. The fourth-order valence-corrected chi connectivity index (χ4v) is 8.00. The number of allylic oxidation sites excluding steroid dienone is 3. The third-order valence-electron chi connectivity index (χ3n) is 8.94. The predicted molar refractivity (Wildman–Crippen MR) is 180 cm³/mol. The van der Waals surface area contributed by atoms with Gasteiger partial charge in [0.15, 0.2) is 5.17 Å². The van der Waals surface area contributed by atoms with Gasteiger partial charge in [0.1, 0.15) is 5.75 Å². The molecule has 0 bridgehead atoms. The Morgan fingerprint density at radius 3 is 2.69 bits per heavy atom. The van der Waals surface area contributed by atoms with Gasteiger partial charge in [-0.15, -0.1) is 0 Å². The highest BCUT2D eigenvalue weighted by Crippen LogP contribution is 2.47. The van der Waals surface area contributed by atoms with E-state index in [2.05, 4.69) is 26.7 Å². The first-order valence-corrected chi connectivity index (χ1v) is 16.3. The SMILES string of the molecule is CCOc1ccc2c(c1)SC1=NC(C3C#CC=CC=C3)C(/C=N\N3C(=O)c4cccc5c(N6CCCCC6)ccc(c45)C3=O)N12. The smallest absolute Gasteiger partial charge is 0.282 e. The molecule has 3 aromatic rings. The summed E-state index contributed by atoms with van der Waals surface area (Å²) in [6.07, 6.45) is 13.0. The number of hydrogen-bond donors (Lipinski definition) is 0. The number of hydrazone groups is 1. The lowest BCUT2D eigenvalue weighted by Crippen LogP contribution is -2.43. The van der Waals surface area contributed by atoms with E-state index in [-0.39, 0.29) is 18.0 Å². The van der Waals surface area contributed by atoms with E-state index in [1.54, 1.807) is 24.0 Å². The largest absolute Gasteiger partial charge is 0.494 e. The van der Waals surface area contributed by atoms with Crippen LogP contribution in [-0.4, -0.2) is 60.0 Å². The van der Waals surface area contributed by atoms with Crippen LogP contribution in [0.15, 0.2) is 87.8 Å². The van der Waals surface area contributed by atoms with E-state index in [1.165, 1.54) is 6.42 Å². The van der Waals surface area contributed by atoms with Crippen LogP contribution in [0.3, 0.4) is 0 Å². The van der Waals surface area contributed by atoms with Crippen molar-refractivity contribution in [3.63, 3.8) is 0 Å². The summed E-state index contributed by atoms with van der Waals surface area (Å²) < 4.78 is 5.74. The van der Waals surface area contributed by atoms with Gasteiger partial charge >= 0.3 is 0 Å². The average Bonchev–Trinajstić information content (AvgIpc) is 3.46. The molecular weight excluding hydrogens is 582 g/mol. The molecule has 0 N–H and O–H groups in total. The molecule has 4 aliphatic heterocycles. The number of ether oxygens (including phenoxy) is 1. The highest BCUT2D eigenvalue weighted by Gasteiger charge is 2.45. The van der Waals surface area contributed by atoms with Gasteiger partial charge in [-0.25, -0.2) is 0 Å². The quantitative estimate of drug-likeness (QED) is 0.185. The molecule has 3 unspecified atom stereocenters. The Hall–Kier alpha value is -4.81. The summed E-state index contributed by atoms with van der Waals surface area (Å²) in [6, 6.07) is 15.0. The molecule has 4 heterocycles. The van der Waals surface area contributed by atoms with Gasteiger partial charge in [-0.3, -0.25) is 14.6 Å². The van der Waals surface area contributed by atoms with Crippen molar-refractivity contribution in [3.8, 4) is 17.6 Å². The second-order valence-electron chi connectivity index (χ2n) is 11.6. The van der Waals surface area contributed by atoms with Crippen LogP contribution in [-0.2, 0) is 0 Å². The number of amidine groups is 1. The summed E-state index contributed by atoms with van der Waals surface area (Å²) >= 11 is 1.58. The maximum atomic E-state index is 13.9.